The minimum atomic E-state index is -0.207. The molecule has 2 saturated carbocycles. The highest BCUT2D eigenvalue weighted by molar-refractivity contribution is 6.33. The fraction of sp³-hybridized carbons (Fsp3) is 0.500. The third kappa shape index (κ3) is 1.96. The van der Waals surface area contributed by atoms with Gasteiger partial charge in [0.05, 0.1) is 10.7 Å². The van der Waals surface area contributed by atoms with E-state index in [1.807, 2.05) is 31.3 Å². The lowest BCUT2D eigenvalue weighted by Gasteiger charge is -2.31. The Morgan fingerprint density at radius 1 is 1.33 bits per heavy atom. The number of benzene rings is 1. The zero-order valence-electron chi connectivity index (χ0n) is 13.1. The molecule has 0 saturated heterocycles. The predicted octanol–water partition coefficient (Wildman–Crippen LogP) is 4.97. The van der Waals surface area contributed by atoms with E-state index in [1.54, 1.807) is 0 Å². The first-order chi connectivity index (χ1) is 9.77. The Labute approximate surface area is 131 Å². The topological polar surface area (TPSA) is 29.1 Å². The molecule has 2 nitrogen and oxygen atoms in total. The van der Waals surface area contributed by atoms with Crippen LogP contribution in [0.2, 0.25) is 5.02 Å². The number of hydrogen-bond acceptors (Lipinski definition) is 2. The Hall–Kier alpha value is -1.28. The quantitative estimate of drug-likeness (QED) is 0.782. The molecule has 0 aliphatic heterocycles. The maximum Gasteiger partial charge on any atom is 0.167 e. The molecule has 1 aromatic carbocycles. The second-order valence-corrected chi connectivity index (χ2v) is 7.61. The molecular formula is C18H22ClNO. The highest BCUT2D eigenvalue weighted by Crippen LogP contribution is 2.65. The minimum Gasteiger partial charge on any atom is -0.360 e. The van der Waals surface area contributed by atoms with Gasteiger partial charge in [-0.15, -0.1) is 0 Å². The van der Waals surface area contributed by atoms with Gasteiger partial charge in [0.25, 0.3) is 0 Å². The predicted molar refractivity (Wildman–Crippen MR) is 87.5 cm³/mol. The number of aryl methyl sites for hydroxylation is 1. The number of carbonyl (C=O) groups is 1. The molecule has 0 spiro atoms. The second kappa shape index (κ2) is 4.61. The van der Waals surface area contributed by atoms with E-state index in [0.717, 1.165) is 29.7 Å². The normalized spacial score (nSPS) is 32.0. The molecule has 21 heavy (non-hydrogen) atoms. The number of halogens is 1. The van der Waals surface area contributed by atoms with E-state index >= 15 is 0 Å². The summed E-state index contributed by atoms with van der Waals surface area (Å²) in [5.41, 5.74) is 2.79. The molecule has 3 rings (SSSR count). The van der Waals surface area contributed by atoms with Crippen molar-refractivity contribution in [2.75, 3.05) is 5.32 Å². The van der Waals surface area contributed by atoms with Gasteiger partial charge in [-0.05, 0) is 48.8 Å². The molecule has 0 radical (unpaired) electrons. The summed E-state index contributed by atoms with van der Waals surface area (Å²) in [6.45, 7) is 8.60. The molecule has 2 fully saturated rings. The number of Topliss-reactive ketones (excluding diaryl/α,β-unsaturated/α-hetero) is 1. The molecule has 2 bridgehead atoms. The Morgan fingerprint density at radius 3 is 2.67 bits per heavy atom. The molecule has 2 atom stereocenters. The zero-order chi connectivity index (χ0) is 15.4. The Balaban J connectivity index is 1.92. The van der Waals surface area contributed by atoms with E-state index in [-0.39, 0.29) is 10.8 Å². The summed E-state index contributed by atoms with van der Waals surface area (Å²) in [6, 6.07) is 5.86. The SMILES string of the molecule is Cc1ccc(Cl)c(NC=C2C(=O)C3(C)CCC2C3(C)C)c1. The van der Waals surface area contributed by atoms with Crippen molar-refractivity contribution in [1.29, 1.82) is 0 Å². The number of anilines is 1. The number of hydrogen-bond donors (Lipinski definition) is 1. The molecule has 3 heteroatoms. The fourth-order valence-corrected chi connectivity index (χ4v) is 4.17. The maximum absolute atomic E-state index is 12.7. The monoisotopic (exact) mass is 303 g/mol. The third-order valence-electron chi connectivity index (χ3n) is 5.87. The number of allylic oxidation sites excluding steroid dienone is 1. The lowest BCUT2D eigenvalue weighted by atomic mass is 9.70. The Kier molecular flexibility index (Phi) is 3.21. The zero-order valence-corrected chi connectivity index (χ0v) is 13.8. The van der Waals surface area contributed by atoms with Crippen LogP contribution in [0.1, 0.15) is 39.2 Å². The van der Waals surface area contributed by atoms with Crippen molar-refractivity contribution in [1.82, 2.24) is 0 Å². The fourth-order valence-electron chi connectivity index (χ4n) is 4.00. The van der Waals surface area contributed by atoms with Crippen LogP contribution in [0, 0.1) is 23.7 Å². The van der Waals surface area contributed by atoms with Gasteiger partial charge in [-0.25, -0.2) is 0 Å². The Morgan fingerprint density at radius 2 is 2.05 bits per heavy atom. The van der Waals surface area contributed by atoms with Crippen LogP contribution in [-0.4, -0.2) is 5.78 Å². The van der Waals surface area contributed by atoms with Crippen molar-refractivity contribution in [2.45, 2.75) is 40.5 Å². The van der Waals surface area contributed by atoms with Crippen LogP contribution in [0.4, 0.5) is 5.69 Å². The van der Waals surface area contributed by atoms with Gasteiger partial charge in [0.15, 0.2) is 5.78 Å². The van der Waals surface area contributed by atoms with Crippen LogP contribution in [0.3, 0.4) is 0 Å². The first kappa shape index (κ1) is 14.6. The average Bonchev–Trinajstić information content (AvgIpc) is 2.73. The summed E-state index contributed by atoms with van der Waals surface area (Å²) in [5, 5.41) is 3.93. The van der Waals surface area contributed by atoms with Crippen LogP contribution in [0.25, 0.3) is 0 Å². The van der Waals surface area contributed by atoms with Crippen LogP contribution < -0.4 is 5.32 Å². The largest absolute Gasteiger partial charge is 0.360 e. The van der Waals surface area contributed by atoms with Gasteiger partial charge in [0.1, 0.15) is 0 Å². The summed E-state index contributed by atoms with van der Waals surface area (Å²) < 4.78 is 0. The lowest BCUT2D eigenvalue weighted by Crippen LogP contribution is -2.32. The van der Waals surface area contributed by atoms with E-state index in [4.69, 9.17) is 11.6 Å². The van der Waals surface area contributed by atoms with E-state index in [2.05, 4.69) is 26.1 Å². The molecule has 0 amide bonds. The van der Waals surface area contributed by atoms with E-state index < -0.39 is 0 Å². The third-order valence-corrected chi connectivity index (χ3v) is 6.20. The van der Waals surface area contributed by atoms with E-state index in [9.17, 15) is 4.79 Å². The first-order valence-corrected chi connectivity index (χ1v) is 7.93. The van der Waals surface area contributed by atoms with E-state index in [1.165, 1.54) is 0 Å². The van der Waals surface area contributed by atoms with Crippen LogP contribution in [0.15, 0.2) is 30.0 Å². The number of carbonyl (C=O) groups excluding carboxylic acids is 1. The molecule has 112 valence electrons. The minimum absolute atomic E-state index is 0.0496. The summed E-state index contributed by atoms with van der Waals surface area (Å²) >= 11 is 6.20. The van der Waals surface area contributed by atoms with Crippen molar-refractivity contribution in [3.05, 3.63) is 40.6 Å². The van der Waals surface area contributed by atoms with Gasteiger partial charge < -0.3 is 5.32 Å². The van der Waals surface area contributed by atoms with Gasteiger partial charge in [0, 0.05) is 17.2 Å². The number of nitrogens with one attached hydrogen (secondary N) is 1. The van der Waals surface area contributed by atoms with Gasteiger partial charge >= 0.3 is 0 Å². The summed E-state index contributed by atoms with van der Waals surface area (Å²) in [6.07, 6.45) is 4.00. The number of fused-ring (bicyclic) bond motifs is 2. The highest BCUT2D eigenvalue weighted by Gasteiger charge is 2.63. The van der Waals surface area contributed by atoms with Crippen LogP contribution in [0.5, 0.6) is 0 Å². The average molecular weight is 304 g/mol. The van der Waals surface area contributed by atoms with Crippen molar-refractivity contribution in [2.24, 2.45) is 16.7 Å². The van der Waals surface area contributed by atoms with Crippen molar-refractivity contribution in [3.63, 3.8) is 0 Å². The number of ketones is 1. The van der Waals surface area contributed by atoms with Crippen molar-refractivity contribution < 1.29 is 4.79 Å². The van der Waals surface area contributed by atoms with E-state index in [0.29, 0.717) is 16.7 Å². The molecule has 1 aromatic rings. The smallest absolute Gasteiger partial charge is 0.167 e. The maximum atomic E-state index is 12.7. The highest BCUT2D eigenvalue weighted by atomic mass is 35.5. The first-order valence-electron chi connectivity index (χ1n) is 7.55. The standard InChI is InChI=1S/C18H22ClNO/c1-11-5-6-14(19)15(9-11)20-10-12-13-7-8-18(4,16(12)21)17(13,2)3/h5-6,9-10,13,20H,7-8H2,1-4H3. The van der Waals surface area contributed by atoms with Crippen molar-refractivity contribution in [3.8, 4) is 0 Å². The summed E-state index contributed by atoms with van der Waals surface area (Å²) in [5.74, 6) is 0.658. The van der Waals surface area contributed by atoms with Gasteiger partial charge in [-0.3, -0.25) is 4.79 Å². The van der Waals surface area contributed by atoms with Gasteiger partial charge in [0.2, 0.25) is 0 Å². The lowest BCUT2D eigenvalue weighted by molar-refractivity contribution is -0.125. The second-order valence-electron chi connectivity index (χ2n) is 7.20. The number of rotatable bonds is 2. The molecule has 2 aliphatic rings. The Bertz CT molecular complexity index is 647. The van der Waals surface area contributed by atoms with Gasteiger partial charge in [-0.2, -0.15) is 0 Å². The molecular weight excluding hydrogens is 282 g/mol. The van der Waals surface area contributed by atoms with Crippen molar-refractivity contribution >= 4 is 23.1 Å². The van der Waals surface area contributed by atoms with Crippen LogP contribution in [-0.2, 0) is 4.79 Å². The molecule has 2 aliphatic carbocycles. The molecule has 2 unspecified atom stereocenters. The molecule has 1 N–H and O–H groups in total. The molecule has 0 heterocycles. The summed E-state index contributed by atoms with van der Waals surface area (Å²) in [4.78, 5) is 12.7. The summed E-state index contributed by atoms with van der Waals surface area (Å²) in [7, 11) is 0. The van der Waals surface area contributed by atoms with Crippen LogP contribution >= 0.6 is 11.6 Å². The molecule has 0 aromatic heterocycles. The van der Waals surface area contributed by atoms with Gasteiger partial charge in [-0.1, -0.05) is 38.4 Å².